The van der Waals surface area contributed by atoms with E-state index in [4.69, 9.17) is 5.73 Å². The number of nitrogens with zero attached hydrogens (tertiary/aromatic N) is 2. The van der Waals surface area contributed by atoms with Crippen LogP contribution in [0.25, 0.3) is 0 Å². The second-order valence-electron chi connectivity index (χ2n) is 4.36. The Morgan fingerprint density at radius 1 is 1.19 bits per heavy atom. The number of rotatable bonds is 5. The first-order valence-electron chi connectivity index (χ1n) is 6.42. The van der Waals surface area contributed by atoms with Gasteiger partial charge in [0.25, 0.3) is 10.0 Å². The molecule has 2 rings (SSSR count). The fraction of sp³-hybridized carbons (Fsp3) is 0.214. The summed E-state index contributed by atoms with van der Waals surface area (Å²) in [4.78, 5) is 3.95. The molecule has 0 fully saturated rings. The highest BCUT2D eigenvalue weighted by Crippen LogP contribution is 2.22. The summed E-state index contributed by atoms with van der Waals surface area (Å²) in [5.74, 6) is -0.419. The summed E-state index contributed by atoms with van der Waals surface area (Å²) in [6.07, 6.45) is 1.44. The topological polar surface area (TPSA) is 76.3 Å². The van der Waals surface area contributed by atoms with Crippen LogP contribution in [0, 0.1) is 5.82 Å². The van der Waals surface area contributed by atoms with Gasteiger partial charge in [-0.2, -0.15) is 8.42 Å². The van der Waals surface area contributed by atoms with Gasteiger partial charge in [0.2, 0.25) is 0 Å². The molecule has 112 valence electrons. The summed E-state index contributed by atoms with van der Waals surface area (Å²) in [7, 11) is -3.78. The summed E-state index contributed by atoms with van der Waals surface area (Å²) in [6, 6.07) is 8.33. The Morgan fingerprint density at radius 2 is 1.86 bits per heavy atom. The number of hydrogen-bond acceptors (Lipinski definition) is 4. The highest BCUT2D eigenvalue weighted by atomic mass is 32.2. The van der Waals surface area contributed by atoms with Gasteiger partial charge in [0.05, 0.1) is 5.69 Å². The van der Waals surface area contributed by atoms with Gasteiger partial charge in [-0.15, -0.1) is 0 Å². The van der Waals surface area contributed by atoms with Crippen LogP contribution in [0.2, 0.25) is 0 Å². The number of pyridine rings is 1. The van der Waals surface area contributed by atoms with E-state index in [1.807, 2.05) is 0 Å². The molecular formula is C14H16FN3O2S. The van der Waals surface area contributed by atoms with E-state index in [0.29, 0.717) is 12.2 Å². The van der Waals surface area contributed by atoms with E-state index < -0.39 is 15.8 Å². The predicted molar refractivity (Wildman–Crippen MR) is 78.7 cm³/mol. The summed E-state index contributed by atoms with van der Waals surface area (Å²) >= 11 is 0. The number of halogens is 1. The van der Waals surface area contributed by atoms with E-state index in [1.165, 1.54) is 40.8 Å². The molecular weight excluding hydrogens is 293 g/mol. The lowest BCUT2D eigenvalue weighted by molar-refractivity contribution is 0.587. The third kappa shape index (κ3) is 3.20. The van der Waals surface area contributed by atoms with Gasteiger partial charge < -0.3 is 5.73 Å². The lowest BCUT2D eigenvalue weighted by Gasteiger charge is -2.22. The van der Waals surface area contributed by atoms with Crippen molar-refractivity contribution in [2.24, 2.45) is 5.73 Å². The Bertz CT molecular complexity index is 700. The van der Waals surface area contributed by atoms with E-state index in [2.05, 4.69) is 4.98 Å². The first-order valence-corrected chi connectivity index (χ1v) is 7.86. The van der Waals surface area contributed by atoms with Gasteiger partial charge in [0.15, 0.2) is 5.03 Å². The van der Waals surface area contributed by atoms with Gasteiger partial charge in [-0.1, -0.05) is 6.07 Å². The first kappa shape index (κ1) is 15.4. The lowest BCUT2D eigenvalue weighted by Crippen LogP contribution is -2.31. The number of nitrogens with two attached hydrogens (primary N) is 1. The molecule has 0 saturated carbocycles. The minimum absolute atomic E-state index is 0.0640. The van der Waals surface area contributed by atoms with Gasteiger partial charge in [-0.25, -0.2) is 9.37 Å². The van der Waals surface area contributed by atoms with Crippen molar-refractivity contribution in [3.8, 4) is 0 Å². The quantitative estimate of drug-likeness (QED) is 0.915. The average molecular weight is 309 g/mol. The smallest absolute Gasteiger partial charge is 0.281 e. The summed E-state index contributed by atoms with van der Waals surface area (Å²) in [6.45, 7) is 2.21. The Hall–Kier alpha value is -1.99. The van der Waals surface area contributed by atoms with Crippen LogP contribution in [0.5, 0.6) is 0 Å². The molecule has 0 saturated heterocycles. The second kappa shape index (κ2) is 6.19. The third-order valence-electron chi connectivity index (χ3n) is 2.99. The van der Waals surface area contributed by atoms with E-state index >= 15 is 0 Å². The first-order chi connectivity index (χ1) is 9.98. The van der Waals surface area contributed by atoms with Crippen LogP contribution in [0.3, 0.4) is 0 Å². The molecule has 0 bridgehead atoms. The fourth-order valence-electron chi connectivity index (χ4n) is 1.90. The highest BCUT2D eigenvalue weighted by Gasteiger charge is 2.24. The van der Waals surface area contributed by atoms with Crippen molar-refractivity contribution in [3.63, 3.8) is 0 Å². The number of anilines is 1. The van der Waals surface area contributed by atoms with E-state index in [0.717, 1.165) is 5.56 Å². The zero-order chi connectivity index (χ0) is 15.5. The lowest BCUT2D eigenvalue weighted by atomic mass is 10.3. The minimum Gasteiger partial charge on any atom is -0.326 e. The highest BCUT2D eigenvalue weighted by molar-refractivity contribution is 7.92. The molecule has 1 aromatic heterocycles. The zero-order valence-corrected chi connectivity index (χ0v) is 12.3. The van der Waals surface area contributed by atoms with Crippen molar-refractivity contribution in [3.05, 3.63) is 54.0 Å². The molecule has 0 unspecified atom stereocenters. The van der Waals surface area contributed by atoms with Crippen molar-refractivity contribution in [2.75, 3.05) is 10.8 Å². The predicted octanol–water partition coefficient (Wildman–Crippen LogP) is 1.89. The van der Waals surface area contributed by atoms with Crippen LogP contribution in [0.15, 0.2) is 47.6 Å². The van der Waals surface area contributed by atoms with Crippen molar-refractivity contribution >= 4 is 15.7 Å². The van der Waals surface area contributed by atoms with Crippen LogP contribution in [-0.2, 0) is 16.6 Å². The maximum atomic E-state index is 13.0. The Balaban J connectivity index is 2.41. The molecule has 0 aliphatic heterocycles. The number of benzene rings is 1. The SMILES string of the molecule is CCN(c1ccc(F)cc1)S(=O)(=O)c1ccc(CN)cn1. The van der Waals surface area contributed by atoms with Crippen molar-refractivity contribution in [2.45, 2.75) is 18.5 Å². The molecule has 2 aromatic rings. The maximum Gasteiger partial charge on any atom is 0.281 e. The van der Waals surface area contributed by atoms with Crippen LogP contribution in [0.1, 0.15) is 12.5 Å². The fourth-order valence-corrected chi connectivity index (χ4v) is 3.29. The molecule has 0 atom stereocenters. The number of aromatic nitrogens is 1. The van der Waals surface area contributed by atoms with Gasteiger partial charge in [-0.3, -0.25) is 4.31 Å². The number of sulfonamides is 1. The van der Waals surface area contributed by atoms with Crippen LogP contribution >= 0.6 is 0 Å². The molecule has 5 nitrogen and oxygen atoms in total. The molecule has 21 heavy (non-hydrogen) atoms. The molecule has 0 aliphatic carbocycles. The van der Waals surface area contributed by atoms with Crippen molar-refractivity contribution in [1.82, 2.24) is 4.98 Å². The van der Waals surface area contributed by atoms with Crippen LogP contribution < -0.4 is 10.0 Å². The van der Waals surface area contributed by atoms with E-state index in [9.17, 15) is 12.8 Å². The Morgan fingerprint density at radius 3 is 2.33 bits per heavy atom. The van der Waals surface area contributed by atoms with Crippen LogP contribution in [-0.4, -0.2) is 19.9 Å². The van der Waals surface area contributed by atoms with Gasteiger partial charge in [-0.05, 0) is 42.8 Å². The third-order valence-corrected chi connectivity index (χ3v) is 4.81. The summed E-state index contributed by atoms with van der Waals surface area (Å²) in [5.41, 5.74) is 6.61. The second-order valence-corrected chi connectivity index (χ2v) is 6.16. The normalized spacial score (nSPS) is 11.4. The molecule has 1 heterocycles. The zero-order valence-electron chi connectivity index (χ0n) is 11.5. The molecule has 0 radical (unpaired) electrons. The van der Waals surface area contributed by atoms with Crippen molar-refractivity contribution < 1.29 is 12.8 Å². The van der Waals surface area contributed by atoms with Gasteiger partial charge in [0, 0.05) is 19.3 Å². The largest absolute Gasteiger partial charge is 0.326 e. The number of hydrogen-bond donors (Lipinski definition) is 1. The molecule has 2 N–H and O–H groups in total. The Kier molecular flexibility index (Phi) is 4.54. The molecule has 7 heteroatoms. The average Bonchev–Trinajstić information content (AvgIpc) is 2.50. The molecule has 0 spiro atoms. The maximum absolute atomic E-state index is 13.0. The van der Waals surface area contributed by atoms with Gasteiger partial charge >= 0.3 is 0 Å². The van der Waals surface area contributed by atoms with Gasteiger partial charge in [0.1, 0.15) is 5.82 Å². The van der Waals surface area contributed by atoms with E-state index in [-0.39, 0.29) is 11.6 Å². The molecule has 0 aliphatic rings. The standard InChI is InChI=1S/C14H16FN3O2S/c1-2-18(13-6-4-12(15)5-7-13)21(19,20)14-8-3-11(9-16)10-17-14/h3-8,10H,2,9,16H2,1H3. The summed E-state index contributed by atoms with van der Waals surface area (Å²) in [5, 5.41) is -0.0640. The van der Waals surface area contributed by atoms with Crippen LogP contribution in [0.4, 0.5) is 10.1 Å². The molecule has 1 aromatic carbocycles. The Labute approximate surface area is 123 Å². The monoisotopic (exact) mass is 309 g/mol. The van der Waals surface area contributed by atoms with E-state index in [1.54, 1.807) is 13.0 Å². The molecule has 0 amide bonds. The van der Waals surface area contributed by atoms with Crippen molar-refractivity contribution in [1.29, 1.82) is 0 Å². The summed E-state index contributed by atoms with van der Waals surface area (Å²) < 4.78 is 39.3. The minimum atomic E-state index is -3.78.